The van der Waals surface area contributed by atoms with Crippen LogP contribution in [0.3, 0.4) is 0 Å². The van der Waals surface area contributed by atoms with E-state index in [0.717, 1.165) is 6.42 Å². The van der Waals surface area contributed by atoms with Gasteiger partial charge < -0.3 is 14.4 Å². The Bertz CT molecular complexity index is 540. The van der Waals surface area contributed by atoms with Gasteiger partial charge in [0.2, 0.25) is 0 Å². The molecular formula is C15H20Cl2N2O3. The molecule has 0 N–H and O–H groups in total. The Labute approximate surface area is 140 Å². The second-order valence-electron chi connectivity index (χ2n) is 6.41. The van der Waals surface area contributed by atoms with E-state index in [4.69, 9.17) is 32.7 Å². The zero-order chi connectivity index (χ0) is 16.5. The SMILES string of the molecule is C[C@H]1C[C@@H](Oc2cc(Cl)nc(Cl)c2)CN1C(=O)OC(C)(C)C. The number of carbonyl (C=O) groups excluding carboxylic acids is 1. The van der Waals surface area contributed by atoms with Crippen molar-refractivity contribution in [3.63, 3.8) is 0 Å². The van der Waals surface area contributed by atoms with Crippen LogP contribution in [0, 0.1) is 0 Å². The third kappa shape index (κ3) is 4.65. The van der Waals surface area contributed by atoms with Crippen molar-refractivity contribution in [3.05, 3.63) is 22.4 Å². The summed E-state index contributed by atoms with van der Waals surface area (Å²) >= 11 is 11.7. The summed E-state index contributed by atoms with van der Waals surface area (Å²) < 4.78 is 11.3. The van der Waals surface area contributed by atoms with Gasteiger partial charge in [0.15, 0.2) is 0 Å². The number of amides is 1. The van der Waals surface area contributed by atoms with Crippen LogP contribution in [0.4, 0.5) is 4.79 Å². The minimum atomic E-state index is -0.512. The first-order chi connectivity index (χ1) is 10.1. The molecule has 7 heteroatoms. The van der Waals surface area contributed by atoms with E-state index in [0.29, 0.717) is 12.3 Å². The normalized spacial score (nSPS) is 21.8. The smallest absolute Gasteiger partial charge is 0.410 e. The highest BCUT2D eigenvalue weighted by molar-refractivity contribution is 6.32. The van der Waals surface area contributed by atoms with Gasteiger partial charge in [-0.3, -0.25) is 0 Å². The number of likely N-dealkylation sites (tertiary alicyclic amines) is 1. The molecule has 2 heterocycles. The monoisotopic (exact) mass is 346 g/mol. The molecule has 0 radical (unpaired) electrons. The van der Waals surface area contributed by atoms with E-state index in [2.05, 4.69) is 4.98 Å². The molecule has 0 aromatic carbocycles. The molecule has 1 fully saturated rings. The number of hydrogen-bond donors (Lipinski definition) is 0. The minimum Gasteiger partial charge on any atom is -0.488 e. The Hall–Kier alpha value is -1.20. The number of ether oxygens (including phenoxy) is 2. The van der Waals surface area contributed by atoms with Crippen LogP contribution in [0.15, 0.2) is 12.1 Å². The summed E-state index contributed by atoms with van der Waals surface area (Å²) in [6.45, 7) is 7.98. The summed E-state index contributed by atoms with van der Waals surface area (Å²) in [6, 6.07) is 3.26. The lowest BCUT2D eigenvalue weighted by Crippen LogP contribution is -2.39. The molecule has 22 heavy (non-hydrogen) atoms. The van der Waals surface area contributed by atoms with Crippen molar-refractivity contribution in [2.75, 3.05) is 6.54 Å². The van der Waals surface area contributed by atoms with Crippen LogP contribution in [-0.4, -0.2) is 40.3 Å². The minimum absolute atomic E-state index is 0.0487. The number of nitrogens with zero attached hydrogens (tertiary/aromatic N) is 2. The number of halogens is 2. The molecule has 0 spiro atoms. The van der Waals surface area contributed by atoms with Gasteiger partial charge >= 0.3 is 6.09 Å². The van der Waals surface area contributed by atoms with Crippen molar-refractivity contribution in [1.29, 1.82) is 0 Å². The lowest BCUT2D eigenvalue weighted by atomic mass is 10.2. The van der Waals surface area contributed by atoms with Crippen LogP contribution in [0.1, 0.15) is 34.1 Å². The number of aromatic nitrogens is 1. The molecule has 1 aromatic rings. The van der Waals surface area contributed by atoms with Gasteiger partial charge in [-0.1, -0.05) is 23.2 Å². The average molecular weight is 347 g/mol. The zero-order valence-electron chi connectivity index (χ0n) is 13.1. The topological polar surface area (TPSA) is 51.7 Å². The first-order valence-electron chi connectivity index (χ1n) is 7.13. The molecule has 1 aliphatic heterocycles. The summed E-state index contributed by atoms with van der Waals surface area (Å²) in [4.78, 5) is 17.7. The highest BCUT2D eigenvalue weighted by Crippen LogP contribution is 2.27. The summed E-state index contributed by atoms with van der Waals surface area (Å²) in [6.07, 6.45) is 0.269. The number of carbonyl (C=O) groups is 1. The fraction of sp³-hybridized carbons (Fsp3) is 0.600. The third-order valence-corrected chi connectivity index (χ3v) is 3.59. The molecule has 0 saturated carbocycles. The van der Waals surface area contributed by atoms with Crippen molar-refractivity contribution in [1.82, 2.24) is 9.88 Å². The van der Waals surface area contributed by atoms with Crippen LogP contribution < -0.4 is 4.74 Å². The van der Waals surface area contributed by atoms with Crippen LogP contribution in [0.2, 0.25) is 10.3 Å². The lowest BCUT2D eigenvalue weighted by Gasteiger charge is -2.26. The van der Waals surface area contributed by atoms with E-state index in [9.17, 15) is 4.79 Å². The fourth-order valence-electron chi connectivity index (χ4n) is 2.35. The Kier molecular flexibility index (Phi) is 5.07. The third-order valence-electron chi connectivity index (χ3n) is 3.20. The van der Waals surface area contributed by atoms with E-state index in [1.165, 1.54) is 0 Å². The molecule has 1 aromatic heterocycles. The van der Waals surface area contributed by atoms with Gasteiger partial charge in [-0.05, 0) is 27.7 Å². The summed E-state index contributed by atoms with van der Waals surface area (Å²) in [7, 11) is 0. The van der Waals surface area contributed by atoms with Crippen molar-refractivity contribution in [3.8, 4) is 5.75 Å². The fourth-order valence-corrected chi connectivity index (χ4v) is 2.79. The van der Waals surface area contributed by atoms with Crippen molar-refractivity contribution < 1.29 is 14.3 Å². The zero-order valence-corrected chi connectivity index (χ0v) is 14.6. The summed E-state index contributed by atoms with van der Waals surface area (Å²) in [5, 5.41) is 0.551. The number of hydrogen-bond acceptors (Lipinski definition) is 4. The second kappa shape index (κ2) is 6.50. The molecule has 1 amide bonds. The highest BCUT2D eigenvalue weighted by atomic mass is 35.5. The Balaban J connectivity index is 2.00. The van der Waals surface area contributed by atoms with E-state index in [-0.39, 0.29) is 28.5 Å². The van der Waals surface area contributed by atoms with Gasteiger partial charge in [0, 0.05) is 24.6 Å². The standard InChI is InChI=1S/C15H20Cl2N2O3/c1-9-5-11(8-19(9)14(20)22-15(2,3)4)21-10-6-12(16)18-13(17)7-10/h6-7,9,11H,5,8H2,1-4H3/t9-,11+/m0/s1. The van der Waals surface area contributed by atoms with E-state index >= 15 is 0 Å². The Morgan fingerprint density at radius 1 is 1.32 bits per heavy atom. The summed E-state index contributed by atoms with van der Waals surface area (Å²) in [5.74, 6) is 0.549. The van der Waals surface area contributed by atoms with Gasteiger partial charge in [-0.2, -0.15) is 0 Å². The van der Waals surface area contributed by atoms with Crippen LogP contribution in [0.5, 0.6) is 5.75 Å². The molecule has 0 unspecified atom stereocenters. The van der Waals surface area contributed by atoms with Gasteiger partial charge in [-0.25, -0.2) is 9.78 Å². The predicted octanol–water partition coefficient (Wildman–Crippen LogP) is 4.17. The molecule has 2 atom stereocenters. The van der Waals surface area contributed by atoms with Crippen LogP contribution >= 0.6 is 23.2 Å². The lowest BCUT2D eigenvalue weighted by molar-refractivity contribution is 0.0224. The quantitative estimate of drug-likeness (QED) is 0.754. The Morgan fingerprint density at radius 3 is 2.45 bits per heavy atom. The highest BCUT2D eigenvalue weighted by Gasteiger charge is 2.36. The number of rotatable bonds is 2. The Morgan fingerprint density at radius 2 is 1.91 bits per heavy atom. The molecule has 0 aliphatic carbocycles. The van der Waals surface area contributed by atoms with E-state index < -0.39 is 5.60 Å². The summed E-state index contributed by atoms with van der Waals surface area (Å²) in [5.41, 5.74) is -0.512. The largest absolute Gasteiger partial charge is 0.488 e. The first-order valence-corrected chi connectivity index (χ1v) is 7.89. The molecule has 1 aliphatic rings. The van der Waals surface area contributed by atoms with Crippen LogP contribution in [-0.2, 0) is 4.74 Å². The van der Waals surface area contributed by atoms with Crippen LogP contribution in [0.25, 0.3) is 0 Å². The molecular weight excluding hydrogens is 327 g/mol. The van der Waals surface area contributed by atoms with Gasteiger partial charge in [0.05, 0.1) is 6.54 Å². The maximum Gasteiger partial charge on any atom is 0.410 e. The second-order valence-corrected chi connectivity index (χ2v) is 7.18. The van der Waals surface area contributed by atoms with Crippen molar-refractivity contribution in [2.24, 2.45) is 0 Å². The maximum absolute atomic E-state index is 12.2. The molecule has 5 nitrogen and oxygen atoms in total. The van der Waals surface area contributed by atoms with Crippen molar-refractivity contribution >= 4 is 29.3 Å². The van der Waals surface area contributed by atoms with Gasteiger partial charge in [0.25, 0.3) is 0 Å². The maximum atomic E-state index is 12.2. The molecule has 2 rings (SSSR count). The van der Waals surface area contributed by atoms with Gasteiger partial charge in [-0.15, -0.1) is 0 Å². The molecule has 0 bridgehead atoms. The van der Waals surface area contributed by atoms with Crippen molar-refractivity contribution in [2.45, 2.75) is 51.9 Å². The molecule has 122 valence electrons. The average Bonchev–Trinajstić information content (AvgIpc) is 2.66. The predicted molar refractivity (Wildman–Crippen MR) is 85.7 cm³/mol. The van der Waals surface area contributed by atoms with Gasteiger partial charge in [0.1, 0.15) is 27.8 Å². The number of pyridine rings is 1. The first kappa shape index (κ1) is 17.2. The molecule has 1 saturated heterocycles. The van der Waals surface area contributed by atoms with E-state index in [1.807, 2.05) is 27.7 Å². The van der Waals surface area contributed by atoms with E-state index in [1.54, 1.807) is 17.0 Å².